The summed E-state index contributed by atoms with van der Waals surface area (Å²) < 4.78 is 0. The van der Waals surface area contributed by atoms with Gasteiger partial charge < -0.3 is 5.32 Å². The zero-order chi connectivity index (χ0) is 14.7. The Kier molecular flexibility index (Phi) is 4.26. The maximum atomic E-state index is 12.1. The van der Waals surface area contributed by atoms with Crippen molar-refractivity contribution in [1.82, 2.24) is 5.32 Å². The largest absolute Gasteiger partial charge is 0.352 e. The van der Waals surface area contributed by atoms with Crippen LogP contribution in [0.25, 0.3) is 0 Å². The van der Waals surface area contributed by atoms with Gasteiger partial charge in [-0.15, -0.1) is 0 Å². The monoisotopic (exact) mass is 299 g/mol. The predicted molar refractivity (Wildman–Crippen MR) is 85.4 cm³/mol. The minimum absolute atomic E-state index is 0.117. The van der Waals surface area contributed by atoms with Gasteiger partial charge in [-0.2, -0.15) is 0 Å². The summed E-state index contributed by atoms with van der Waals surface area (Å²) in [4.78, 5) is 12.1. The van der Waals surface area contributed by atoms with Crippen molar-refractivity contribution in [2.75, 3.05) is 0 Å². The highest BCUT2D eigenvalue weighted by Crippen LogP contribution is 2.35. The first kappa shape index (κ1) is 14.2. The van der Waals surface area contributed by atoms with Gasteiger partial charge in [0.2, 0.25) is 5.91 Å². The SMILES string of the molecule is O=C(CC1CCc2ccccc21)NCc1ccc(Cl)cc1. The number of rotatable bonds is 4. The Labute approximate surface area is 130 Å². The molecular formula is C18H18ClNO. The van der Waals surface area contributed by atoms with Gasteiger partial charge in [-0.25, -0.2) is 0 Å². The molecular weight excluding hydrogens is 282 g/mol. The van der Waals surface area contributed by atoms with Gasteiger partial charge in [0, 0.05) is 18.0 Å². The molecule has 108 valence electrons. The number of amides is 1. The van der Waals surface area contributed by atoms with Crippen molar-refractivity contribution in [3.8, 4) is 0 Å². The Bertz CT molecular complexity index is 636. The van der Waals surface area contributed by atoms with E-state index >= 15 is 0 Å². The van der Waals surface area contributed by atoms with E-state index in [1.54, 1.807) is 0 Å². The molecule has 0 aliphatic heterocycles. The molecule has 1 aliphatic rings. The molecule has 0 spiro atoms. The first-order valence-electron chi connectivity index (χ1n) is 7.31. The minimum atomic E-state index is 0.117. The number of carbonyl (C=O) groups is 1. The van der Waals surface area contributed by atoms with Crippen LogP contribution in [0.5, 0.6) is 0 Å². The van der Waals surface area contributed by atoms with Crippen LogP contribution in [-0.4, -0.2) is 5.91 Å². The summed E-state index contributed by atoms with van der Waals surface area (Å²) in [6.07, 6.45) is 2.74. The fourth-order valence-electron chi connectivity index (χ4n) is 2.96. The van der Waals surface area contributed by atoms with Crippen LogP contribution >= 0.6 is 11.6 Å². The van der Waals surface area contributed by atoms with Crippen molar-refractivity contribution < 1.29 is 4.79 Å². The average Bonchev–Trinajstić information content (AvgIpc) is 2.90. The van der Waals surface area contributed by atoms with E-state index in [2.05, 4.69) is 29.6 Å². The van der Waals surface area contributed by atoms with Crippen LogP contribution in [-0.2, 0) is 17.8 Å². The van der Waals surface area contributed by atoms with Gasteiger partial charge in [0.15, 0.2) is 0 Å². The van der Waals surface area contributed by atoms with Crippen LogP contribution in [0, 0.1) is 0 Å². The van der Waals surface area contributed by atoms with Crippen molar-refractivity contribution in [3.05, 3.63) is 70.2 Å². The second kappa shape index (κ2) is 6.31. The van der Waals surface area contributed by atoms with Gasteiger partial charge in [0.1, 0.15) is 0 Å². The van der Waals surface area contributed by atoms with Crippen LogP contribution in [0.2, 0.25) is 5.02 Å². The van der Waals surface area contributed by atoms with Crippen LogP contribution in [0.15, 0.2) is 48.5 Å². The summed E-state index contributed by atoms with van der Waals surface area (Å²) >= 11 is 5.85. The Morgan fingerprint density at radius 1 is 1.14 bits per heavy atom. The molecule has 0 radical (unpaired) electrons. The highest BCUT2D eigenvalue weighted by molar-refractivity contribution is 6.30. The van der Waals surface area contributed by atoms with E-state index < -0.39 is 0 Å². The van der Waals surface area contributed by atoms with E-state index in [0.29, 0.717) is 23.9 Å². The van der Waals surface area contributed by atoms with E-state index in [-0.39, 0.29) is 5.91 Å². The summed E-state index contributed by atoms with van der Waals surface area (Å²) in [6, 6.07) is 16.0. The summed E-state index contributed by atoms with van der Waals surface area (Å²) in [7, 11) is 0. The van der Waals surface area contributed by atoms with Crippen molar-refractivity contribution in [2.24, 2.45) is 0 Å². The van der Waals surface area contributed by atoms with Crippen LogP contribution in [0.4, 0.5) is 0 Å². The van der Waals surface area contributed by atoms with Gasteiger partial charge >= 0.3 is 0 Å². The molecule has 2 nitrogen and oxygen atoms in total. The molecule has 0 heterocycles. The van der Waals surface area contributed by atoms with Gasteiger partial charge in [-0.3, -0.25) is 4.79 Å². The van der Waals surface area contributed by atoms with E-state index in [9.17, 15) is 4.79 Å². The Hall–Kier alpha value is -1.80. The lowest BCUT2D eigenvalue weighted by atomic mass is 9.97. The molecule has 2 aromatic rings. The first-order valence-corrected chi connectivity index (χ1v) is 7.69. The van der Waals surface area contributed by atoms with Crippen molar-refractivity contribution in [3.63, 3.8) is 0 Å². The number of hydrogen-bond acceptors (Lipinski definition) is 1. The van der Waals surface area contributed by atoms with Crippen molar-refractivity contribution in [2.45, 2.75) is 31.7 Å². The molecule has 1 unspecified atom stereocenters. The van der Waals surface area contributed by atoms with E-state index in [1.165, 1.54) is 11.1 Å². The quantitative estimate of drug-likeness (QED) is 0.905. The standard InChI is InChI=1S/C18H18ClNO/c19-16-9-5-13(6-10-16)12-20-18(21)11-15-8-7-14-3-1-2-4-17(14)15/h1-6,9-10,15H,7-8,11-12H2,(H,20,21). The van der Waals surface area contributed by atoms with E-state index in [0.717, 1.165) is 18.4 Å². The lowest BCUT2D eigenvalue weighted by Gasteiger charge is -2.12. The molecule has 0 aromatic heterocycles. The molecule has 21 heavy (non-hydrogen) atoms. The molecule has 1 aliphatic carbocycles. The second-order valence-corrected chi connectivity index (χ2v) is 5.98. The number of nitrogens with one attached hydrogen (secondary N) is 1. The molecule has 0 bridgehead atoms. The lowest BCUT2D eigenvalue weighted by molar-refractivity contribution is -0.121. The molecule has 1 atom stereocenters. The van der Waals surface area contributed by atoms with E-state index in [1.807, 2.05) is 24.3 Å². The number of benzene rings is 2. The van der Waals surface area contributed by atoms with Crippen molar-refractivity contribution in [1.29, 1.82) is 0 Å². The summed E-state index contributed by atoms with van der Waals surface area (Å²) in [5, 5.41) is 3.71. The maximum absolute atomic E-state index is 12.1. The van der Waals surface area contributed by atoms with Gasteiger partial charge in [0.05, 0.1) is 0 Å². The minimum Gasteiger partial charge on any atom is -0.352 e. The average molecular weight is 300 g/mol. The fraction of sp³-hybridized carbons (Fsp3) is 0.278. The molecule has 3 heteroatoms. The third kappa shape index (κ3) is 3.45. The molecule has 1 amide bonds. The lowest BCUT2D eigenvalue weighted by Crippen LogP contribution is -2.24. The second-order valence-electron chi connectivity index (χ2n) is 5.54. The zero-order valence-corrected chi connectivity index (χ0v) is 12.6. The zero-order valence-electron chi connectivity index (χ0n) is 11.8. The van der Waals surface area contributed by atoms with Crippen LogP contribution in [0.1, 0.15) is 35.4 Å². The number of hydrogen-bond donors (Lipinski definition) is 1. The molecule has 1 N–H and O–H groups in total. The molecule has 0 saturated heterocycles. The smallest absolute Gasteiger partial charge is 0.220 e. The summed E-state index contributed by atoms with van der Waals surface area (Å²) in [6.45, 7) is 0.560. The third-order valence-electron chi connectivity index (χ3n) is 4.09. The summed E-state index contributed by atoms with van der Waals surface area (Å²) in [5.74, 6) is 0.484. The Balaban J connectivity index is 1.54. The number of halogens is 1. The van der Waals surface area contributed by atoms with Gasteiger partial charge in [-0.05, 0) is 47.6 Å². The summed E-state index contributed by atoms with van der Waals surface area (Å²) in [5.41, 5.74) is 3.81. The van der Waals surface area contributed by atoms with Gasteiger partial charge in [-0.1, -0.05) is 48.0 Å². The number of carbonyl (C=O) groups excluding carboxylic acids is 1. The topological polar surface area (TPSA) is 29.1 Å². The predicted octanol–water partition coefficient (Wildman–Crippen LogP) is 4.08. The highest BCUT2D eigenvalue weighted by atomic mass is 35.5. The number of aryl methyl sites for hydroxylation is 1. The fourth-order valence-corrected chi connectivity index (χ4v) is 3.08. The first-order chi connectivity index (χ1) is 10.2. The highest BCUT2D eigenvalue weighted by Gasteiger charge is 2.23. The van der Waals surface area contributed by atoms with Crippen molar-refractivity contribution >= 4 is 17.5 Å². The maximum Gasteiger partial charge on any atom is 0.220 e. The Morgan fingerprint density at radius 2 is 1.90 bits per heavy atom. The normalized spacial score (nSPS) is 16.5. The van der Waals surface area contributed by atoms with Crippen LogP contribution in [0.3, 0.4) is 0 Å². The van der Waals surface area contributed by atoms with Gasteiger partial charge in [0.25, 0.3) is 0 Å². The third-order valence-corrected chi connectivity index (χ3v) is 4.34. The molecule has 0 fully saturated rings. The molecule has 2 aromatic carbocycles. The van der Waals surface area contributed by atoms with Crippen LogP contribution < -0.4 is 5.32 Å². The Morgan fingerprint density at radius 3 is 2.71 bits per heavy atom. The van der Waals surface area contributed by atoms with E-state index in [4.69, 9.17) is 11.6 Å². The number of fused-ring (bicyclic) bond motifs is 1. The molecule has 0 saturated carbocycles. The molecule has 3 rings (SSSR count).